The third-order valence-electron chi connectivity index (χ3n) is 6.57. The van der Waals surface area contributed by atoms with Gasteiger partial charge < -0.3 is 28.9 Å². The first-order valence-corrected chi connectivity index (χ1v) is 12.6. The number of piperazine rings is 1. The normalized spacial score (nSPS) is 13.0. The van der Waals surface area contributed by atoms with E-state index in [1.165, 1.54) is 4.90 Å². The lowest BCUT2D eigenvalue weighted by Gasteiger charge is -2.36. The van der Waals surface area contributed by atoms with Crippen molar-refractivity contribution in [3.63, 3.8) is 0 Å². The largest absolute Gasteiger partial charge is 0.497 e. The molecule has 39 heavy (non-hydrogen) atoms. The lowest BCUT2D eigenvalue weighted by Crippen LogP contribution is -2.52. The summed E-state index contributed by atoms with van der Waals surface area (Å²) in [5.74, 6) is 2.25. The van der Waals surface area contributed by atoms with Crippen molar-refractivity contribution in [3.05, 3.63) is 72.8 Å². The zero-order chi connectivity index (χ0) is 27.8. The summed E-state index contributed by atoms with van der Waals surface area (Å²) in [6.07, 6.45) is 1.62. The summed E-state index contributed by atoms with van der Waals surface area (Å²) < 4.78 is 15.9. The molecule has 0 unspecified atom stereocenters. The molecule has 0 bridgehead atoms. The minimum Gasteiger partial charge on any atom is -0.497 e. The van der Waals surface area contributed by atoms with Gasteiger partial charge in [0.25, 0.3) is 5.91 Å². The van der Waals surface area contributed by atoms with Crippen molar-refractivity contribution in [2.75, 3.05) is 65.5 Å². The second-order valence-corrected chi connectivity index (χ2v) is 8.92. The summed E-state index contributed by atoms with van der Waals surface area (Å²) >= 11 is 0. The van der Waals surface area contributed by atoms with Crippen molar-refractivity contribution < 1.29 is 23.8 Å². The molecule has 0 saturated carbocycles. The first-order chi connectivity index (χ1) is 19.0. The molecule has 204 valence electrons. The predicted octanol–water partition coefficient (Wildman–Crippen LogP) is 3.15. The molecule has 0 radical (unpaired) electrons. The summed E-state index contributed by atoms with van der Waals surface area (Å²) in [6, 6.07) is 16.3. The summed E-state index contributed by atoms with van der Waals surface area (Å²) in [4.78, 5) is 31.5. The van der Waals surface area contributed by atoms with Gasteiger partial charge in [-0.15, -0.1) is 16.8 Å². The van der Waals surface area contributed by atoms with Gasteiger partial charge in [0.15, 0.2) is 17.3 Å². The van der Waals surface area contributed by atoms with Gasteiger partial charge in [-0.1, -0.05) is 12.1 Å². The average molecular weight is 532 g/mol. The Labute approximate surface area is 228 Å². The van der Waals surface area contributed by atoms with E-state index in [9.17, 15) is 9.59 Å². The van der Waals surface area contributed by atoms with Crippen LogP contribution in [0.15, 0.2) is 67.3 Å². The molecule has 1 saturated heterocycles. The first-order valence-electron chi connectivity index (χ1n) is 12.6. The molecule has 1 aromatic heterocycles. The third kappa shape index (κ3) is 6.46. The molecule has 1 aliphatic heterocycles. The van der Waals surface area contributed by atoms with Crippen LogP contribution in [-0.4, -0.2) is 92.4 Å². The number of nitrogens with zero attached hydrogens (tertiary/aromatic N) is 5. The first kappa shape index (κ1) is 27.4. The highest BCUT2D eigenvalue weighted by Crippen LogP contribution is 2.31. The molecule has 0 spiro atoms. The van der Waals surface area contributed by atoms with Gasteiger partial charge in [-0.25, -0.2) is 0 Å². The van der Waals surface area contributed by atoms with Crippen LogP contribution in [-0.2, 0) is 4.79 Å². The highest BCUT2D eigenvalue weighted by Gasteiger charge is 2.26. The Balaban J connectivity index is 1.35. The molecule has 10 nitrogen and oxygen atoms in total. The summed E-state index contributed by atoms with van der Waals surface area (Å²) in [5.41, 5.74) is 2.05. The quantitative estimate of drug-likeness (QED) is 0.368. The van der Waals surface area contributed by atoms with Gasteiger partial charge in [0.05, 0.1) is 27.0 Å². The number of rotatable bonds is 10. The molecule has 1 fully saturated rings. The number of hydrogen-bond acceptors (Lipinski definition) is 8. The van der Waals surface area contributed by atoms with E-state index in [1.54, 1.807) is 56.6 Å². The topological polar surface area (TPSA) is 97.3 Å². The van der Waals surface area contributed by atoms with Crippen LogP contribution < -0.4 is 19.1 Å². The van der Waals surface area contributed by atoms with E-state index in [1.807, 2.05) is 30.3 Å². The Bertz CT molecular complexity index is 1310. The molecular weight excluding hydrogens is 498 g/mol. The van der Waals surface area contributed by atoms with Crippen LogP contribution in [0.25, 0.3) is 11.3 Å². The summed E-state index contributed by atoms with van der Waals surface area (Å²) in [7, 11) is 4.74. The number of methoxy groups -OCH3 is 3. The summed E-state index contributed by atoms with van der Waals surface area (Å²) in [5, 5.41) is 8.82. The van der Waals surface area contributed by atoms with E-state index < -0.39 is 0 Å². The van der Waals surface area contributed by atoms with Gasteiger partial charge in [0.2, 0.25) is 5.91 Å². The van der Waals surface area contributed by atoms with Crippen LogP contribution in [0.5, 0.6) is 17.2 Å². The molecule has 10 heteroatoms. The molecule has 4 rings (SSSR count). The van der Waals surface area contributed by atoms with Crippen molar-refractivity contribution in [2.45, 2.75) is 0 Å². The fraction of sp³-hybridized carbons (Fsp3) is 0.310. The van der Waals surface area contributed by atoms with Crippen molar-refractivity contribution in [2.24, 2.45) is 0 Å². The summed E-state index contributed by atoms with van der Waals surface area (Å²) in [6.45, 7) is 6.25. The molecule has 0 aliphatic carbocycles. The van der Waals surface area contributed by atoms with Crippen molar-refractivity contribution >= 4 is 17.6 Å². The second-order valence-electron chi connectivity index (χ2n) is 8.92. The molecule has 2 amide bonds. The molecule has 3 aromatic rings. The number of carbonyl (C=O) groups excluding carboxylic acids is 2. The smallest absolute Gasteiger partial charge is 0.254 e. The lowest BCUT2D eigenvalue weighted by atomic mass is 10.1. The zero-order valence-electron chi connectivity index (χ0n) is 22.5. The van der Waals surface area contributed by atoms with Gasteiger partial charge in [0, 0.05) is 43.9 Å². The number of amides is 2. The average Bonchev–Trinajstić information content (AvgIpc) is 3.00. The van der Waals surface area contributed by atoms with Crippen molar-refractivity contribution in [1.82, 2.24) is 20.0 Å². The minimum absolute atomic E-state index is 0.0259. The Morgan fingerprint density at radius 3 is 2.33 bits per heavy atom. The van der Waals surface area contributed by atoms with E-state index in [2.05, 4.69) is 21.7 Å². The van der Waals surface area contributed by atoms with Gasteiger partial charge in [-0.2, -0.15) is 0 Å². The number of benzene rings is 2. The molecule has 2 heterocycles. The molecular formula is C29H33N5O5. The van der Waals surface area contributed by atoms with E-state index >= 15 is 0 Å². The monoisotopic (exact) mass is 531 g/mol. The van der Waals surface area contributed by atoms with Gasteiger partial charge >= 0.3 is 0 Å². The Kier molecular flexibility index (Phi) is 8.98. The van der Waals surface area contributed by atoms with Crippen LogP contribution in [0.3, 0.4) is 0 Å². The van der Waals surface area contributed by atoms with E-state index in [0.717, 1.165) is 17.1 Å². The molecule has 0 atom stereocenters. The Hall–Kier alpha value is -4.60. The predicted molar refractivity (Wildman–Crippen MR) is 148 cm³/mol. The lowest BCUT2D eigenvalue weighted by molar-refractivity contribution is -0.132. The van der Waals surface area contributed by atoms with Gasteiger partial charge in [-0.3, -0.25) is 9.59 Å². The number of ether oxygens (including phenoxy) is 3. The Morgan fingerprint density at radius 2 is 1.69 bits per heavy atom. The maximum Gasteiger partial charge on any atom is 0.254 e. The number of aromatic nitrogens is 2. The number of hydrogen-bond donors (Lipinski definition) is 0. The van der Waals surface area contributed by atoms with Crippen molar-refractivity contribution in [1.29, 1.82) is 0 Å². The molecule has 1 aliphatic rings. The molecule has 0 N–H and O–H groups in total. The fourth-order valence-electron chi connectivity index (χ4n) is 4.41. The van der Waals surface area contributed by atoms with E-state index in [4.69, 9.17) is 14.2 Å². The van der Waals surface area contributed by atoms with Crippen LogP contribution >= 0.6 is 0 Å². The maximum atomic E-state index is 13.1. The standard InChI is InChI=1S/C29H33N5O5/c1-5-13-34(29(36)22-7-6-8-23(18-22)37-2)20-28(35)33-16-14-32(15-17-33)27-12-10-24(30-31-27)21-9-11-25(38-3)26(19-21)39-4/h5-12,18-19H,1,13-17,20H2,2-4H3. The SMILES string of the molecule is C=CCN(CC(=O)N1CCN(c2ccc(-c3ccc(OC)c(OC)c3)nn2)CC1)C(=O)c1cccc(OC)c1. The third-order valence-corrected chi connectivity index (χ3v) is 6.57. The van der Waals surface area contributed by atoms with E-state index in [0.29, 0.717) is 49.0 Å². The van der Waals surface area contributed by atoms with Gasteiger partial charge in [0.1, 0.15) is 12.3 Å². The minimum atomic E-state index is -0.245. The van der Waals surface area contributed by atoms with E-state index in [-0.39, 0.29) is 24.9 Å². The number of anilines is 1. The maximum absolute atomic E-state index is 13.1. The van der Waals surface area contributed by atoms with Crippen LogP contribution in [0.1, 0.15) is 10.4 Å². The second kappa shape index (κ2) is 12.8. The zero-order valence-corrected chi connectivity index (χ0v) is 22.5. The van der Waals surface area contributed by atoms with Crippen molar-refractivity contribution in [3.8, 4) is 28.5 Å². The van der Waals surface area contributed by atoms with Gasteiger partial charge in [-0.05, 0) is 48.5 Å². The number of carbonyl (C=O) groups is 2. The van der Waals surface area contributed by atoms with Crippen LogP contribution in [0.2, 0.25) is 0 Å². The molecule has 2 aromatic carbocycles. The van der Waals surface area contributed by atoms with Crippen LogP contribution in [0.4, 0.5) is 5.82 Å². The Morgan fingerprint density at radius 1 is 0.923 bits per heavy atom. The van der Waals surface area contributed by atoms with Crippen LogP contribution in [0, 0.1) is 0 Å². The highest BCUT2D eigenvalue weighted by molar-refractivity contribution is 5.97. The fourth-order valence-corrected chi connectivity index (χ4v) is 4.41. The highest BCUT2D eigenvalue weighted by atomic mass is 16.5.